The zero-order chi connectivity index (χ0) is 13.8. The Morgan fingerprint density at radius 3 is 2.05 bits per heavy atom. The monoisotopic (exact) mass is 266 g/mol. The molecule has 1 unspecified atom stereocenters. The lowest BCUT2D eigenvalue weighted by molar-refractivity contribution is 0.0225. The van der Waals surface area contributed by atoms with Gasteiger partial charge in [0.15, 0.2) is 0 Å². The van der Waals surface area contributed by atoms with Crippen molar-refractivity contribution in [2.75, 3.05) is 0 Å². The predicted octanol–water partition coefficient (Wildman–Crippen LogP) is 4.10. The van der Waals surface area contributed by atoms with Crippen molar-refractivity contribution in [1.82, 2.24) is 0 Å². The Hall–Kier alpha value is -1.60. The Kier molecular flexibility index (Phi) is 3.88. The van der Waals surface area contributed by atoms with Gasteiger partial charge in [-0.1, -0.05) is 67.1 Å². The molecule has 1 fully saturated rings. The fraction of sp³-hybridized carbons (Fsp3) is 0.368. The van der Waals surface area contributed by atoms with E-state index in [-0.39, 0.29) is 11.5 Å². The molecule has 0 radical (unpaired) electrons. The molecule has 2 aromatic carbocycles. The second-order valence-corrected chi connectivity index (χ2v) is 5.92. The summed E-state index contributed by atoms with van der Waals surface area (Å²) in [6, 6.07) is 21.0. The average Bonchev–Trinajstić information content (AvgIpc) is 2.46. The molecule has 1 heteroatoms. The lowest BCUT2D eigenvalue weighted by Gasteiger charge is -2.46. The van der Waals surface area contributed by atoms with Crippen LogP contribution in [0.15, 0.2) is 60.7 Å². The van der Waals surface area contributed by atoms with Gasteiger partial charge >= 0.3 is 0 Å². The third-order valence-electron chi connectivity index (χ3n) is 4.78. The molecule has 0 aliphatic heterocycles. The molecule has 2 aromatic rings. The maximum Gasteiger partial charge on any atom is 0.0639 e. The minimum absolute atomic E-state index is 0.00996. The van der Waals surface area contributed by atoms with Crippen LogP contribution in [0, 0.1) is 0 Å². The zero-order valence-corrected chi connectivity index (χ0v) is 11.8. The van der Waals surface area contributed by atoms with Crippen LogP contribution < -0.4 is 0 Å². The first-order chi connectivity index (χ1) is 9.81. The maximum absolute atomic E-state index is 10.7. The summed E-state index contributed by atoms with van der Waals surface area (Å²) in [5.74, 6) is 0. The zero-order valence-electron chi connectivity index (χ0n) is 11.8. The van der Waals surface area contributed by atoms with Crippen molar-refractivity contribution in [3.05, 3.63) is 71.8 Å². The largest absolute Gasteiger partial charge is 0.392 e. The van der Waals surface area contributed by atoms with E-state index in [9.17, 15) is 5.11 Å². The quantitative estimate of drug-likeness (QED) is 0.863. The lowest BCUT2D eigenvalue weighted by atomic mass is 9.60. The van der Waals surface area contributed by atoms with Crippen LogP contribution in [-0.2, 0) is 11.8 Å². The number of aryl methyl sites for hydroxylation is 1. The first-order valence-corrected chi connectivity index (χ1v) is 7.59. The third-order valence-corrected chi connectivity index (χ3v) is 4.78. The molecular formula is C19H22O. The Morgan fingerprint density at radius 2 is 1.50 bits per heavy atom. The Balaban J connectivity index is 1.70. The summed E-state index contributed by atoms with van der Waals surface area (Å²) in [6.07, 6.45) is 5.03. The molecule has 0 heterocycles. The predicted molar refractivity (Wildman–Crippen MR) is 82.7 cm³/mol. The average molecular weight is 266 g/mol. The highest BCUT2D eigenvalue weighted by Crippen LogP contribution is 2.47. The van der Waals surface area contributed by atoms with E-state index in [2.05, 4.69) is 48.5 Å². The number of benzene rings is 2. The highest BCUT2D eigenvalue weighted by atomic mass is 16.3. The summed E-state index contributed by atoms with van der Waals surface area (Å²) in [7, 11) is 0. The second kappa shape index (κ2) is 5.80. The van der Waals surface area contributed by atoms with E-state index in [0.29, 0.717) is 0 Å². The molecule has 3 rings (SSSR count). The van der Waals surface area contributed by atoms with Crippen LogP contribution in [0.25, 0.3) is 0 Å². The van der Waals surface area contributed by atoms with E-state index in [0.717, 1.165) is 25.7 Å². The molecule has 1 aliphatic rings. The van der Waals surface area contributed by atoms with Crippen molar-refractivity contribution in [2.24, 2.45) is 0 Å². The Morgan fingerprint density at radius 1 is 0.900 bits per heavy atom. The third kappa shape index (κ3) is 2.51. The number of rotatable bonds is 5. The fourth-order valence-electron chi connectivity index (χ4n) is 3.37. The van der Waals surface area contributed by atoms with Crippen LogP contribution in [0.2, 0.25) is 0 Å². The van der Waals surface area contributed by atoms with Crippen molar-refractivity contribution in [1.29, 1.82) is 0 Å². The van der Waals surface area contributed by atoms with E-state index in [4.69, 9.17) is 0 Å². The van der Waals surface area contributed by atoms with E-state index >= 15 is 0 Å². The highest BCUT2D eigenvalue weighted by molar-refractivity contribution is 5.30. The summed E-state index contributed by atoms with van der Waals surface area (Å²) < 4.78 is 0. The van der Waals surface area contributed by atoms with Crippen molar-refractivity contribution in [2.45, 2.75) is 43.6 Å². The molecule has 104 valence electrons. The summed E-state index contributed by atoms with van der Waals surface area (Å²) in [6.45, 7) is 0. The van der Waals surface area contributed by atoms with Gasteiger partial charge in [-0.25, -0.2) is 0 Å². The summed E-state index contributed by atoms with van der Waals surface area (Å²) in [4.78, 5) is 0. The van der Waals surface area contributed by atoms with Gasteiger partial charge in [-0.2, -0.15) is 0 Å². The first kappa shape index (κ1) is 13.4. The summed E-state index contributed by atoms with van der Waals surface area (Å²) in [5, 5.41) is 10.7. The van der Waals surface area contributed by atoms with Gasteiger partial charge in [0, 0.05) is 5.41 Å². The topological polar surface area (TPSA) is 20.2 Å². The van der Waals surface area contributed by atoms with Gasteiger partial charge in [-0.05, 0) is 36.8 Å². The van der Waals surface area contributed by atoms with Gasteiger partial charge in [0.05, 0.1) is 6.10 Å². The molecule has 20 heavy (non-hydrogen) atoms. The van der Waals surface area contributed by atoms with E-state index in [1.165, 1.54) is 17.5 Å². The summed E-state index contributed by atoms with van der Waals surface area (Å²) >= 11 is 0. The lowest BCUT2D eigenvalue weighted by Crippen LogP contribution is -2.45. The first-order valence-electron chi connectivity index (χ1n) is 7.59. The minimum Gasteiger partial charge on any atom is -0.392 e. The number of aliphatic hydroxyl groups is 1. The van der Waals surface area contributed by atoms with Crippen LogP contribution >= 0.6 is 0 Å². The Bertz CT molecular complexity index is 528. The maximum atomic E-state index is 10.7. The van der Waals surface area contributed by atoms with Gasteiger partial charge in [0.25, 0.3) is 0 Å². The number of hydrogen-bond acceptors (Lipinski definition) is 1. The van der Waals surface area contributed by atoms with Crippen LogP contribution in [-0.4, -0.2) is 11.2 Å². The molecule has 0 amide bonds. The molecule has 1 atom stereocenters. The minimum atomic E-state index is -0.237. The molecule has 1 N–H and O–H groups in total. The van der Waals surface area contributed by atoms with Crippen molar-refractivity contribution in [3.63, 3.8) is 0 Å². The van der Waals surface area contributed by atoms with E-state index in [1.54, 1.807) is 0 Å². The fourth-order valence-corrected chi connectivity index (χ4v) is 3.37. The van der Waals surface area contributed by atoms with Gasteiger partial charge in [0.2, 0.25) is 0 Å². The molecule has 1 saturated carbocycles. The van der Waals surface area contributed by atoms with Gasteiger partial charge < -0.3 is 5.11 Å². The number of aliphatic hydroxyl groups excluding tert-OH is 1. The Labute approximate surface area is 121 Å². The van der Waals surface area contributed by atoms with E-state index in [1.807, 2.05) is 12.1 Å². The van der Waals surface area contributed by atoms with Crippen LogP contribution in [0.4, 0.5) is 0 Å². The van der Waals surface area contributed by atoms with Gasteiger partial charge in [0.1, 0.15) is 0 Å². The SMILES string of the molecule is OC(CCc1ccccc1)C1(c2ccccc2)CCC1. The molecule has 1 aliphatic carbocycles. The van der Waals surface area contributed by atoms with Crippen molar-refractivity contribution < 1.29 is 5.11 Å². The smallest absolute Gasteiger partial charge is 0.0639 e. The van der Waals surface area contributed by atoms with Gasteiger partial charge in [-0.15, -0.1) is 0 Å². The molecule has 1 nitrogen and oxygen atoms in total. The normalized spacial score (nSPS) is 18.2. The van der Waals surface area contributed by atoms with Crippen molar-refractivity contribution >= 4 is 0 Å². The number of hydrogen-bond donors (Lipinski definition) is 1. The molecule has 0 bridgehead atoms. The van der Waals surface area contributed by atoms with Gasteiger partial charge in [-0.3, -0.25) is 0 Å². The molecule has 0 aromatic heterocycles. The van der Waals surface area contributed by atoms with Crippen LogP contribution in [0.1, 0.15) is 36.8 Å². The van der Waals surface area contributed by atoms with Crippen molar-refractivity contribution in [3.8, 4) is 0 Å². The second-order valence-electron chi connectivity index (χ2n) is 5.92. The van der Waals surface area contributed by atoms with Crippen LogP contribution in [0.5, 0.6) is 0 Å². The highest BCUT2D eigenvalue weighted by Gasteiger charge is 2.44. The molecule has 0 saturated heterocycles. The molecule has 0 spiro atoms. The summed E-state index contributed by atoms with van der Waals surface area (Å²) in [5.41, 5.74) is 2.64. The van der Waals surface area contributed by atoms with Crippen LogP contribution in [0.3, 0.4) is 0 Å². The molecular weight excluding hydrogens is 244 g/mol. The standard InChI is InChI=1S/C19H22O/c20-18(13-12-16-8-3-1-4-9-16)19(14-7-15-19)17-10-5-2-6-11-17/h1-6,8-11,18,20H,7,12-15H2. The van der Waals surface area contributed by atoms with E-state index < -0.39 is 0 Å².